The molecule has 0 radical (unpaired) electrons. The van der Waals surface area contributed by atoms with Crippen LogP contribution in [0.5, 0.6) is 5.75 Å². The summed E-state index contributed by atoms with van der Waals surface area (Å²) < 4.78 is 9.84. The second kappa shape index (κ2) is 5.72. The van der Waals surface area contributed by atoms with E-state index in [0.29, 0.717) is 16.3 Å². The molecular weight excluding hydrogens is 230 g/mol. The van der Waals surface area contributed by atoms with Gasteiger partial charge in [0.2, 0.25) is 0 Å². The van der Waals surface area contributed by atoms with E-state index in [1.54, 1.807) is 18.2 Å². The van der Waals surface area contributed by atoms with Crippen molar-refractivity contribution in [2.24, 2.45) is 5.73 Å². The molecule has 1 unspecified atom stereocenters. The molecule has 0 aromatic heterocycles. The van der Waals surface area contributed by atoms with E-state index in [9.17, 15) is 4.79 Å². The van der Waals surface area contributed by atoms with Crippen LogP contribution in [0.2, 0.25) is 5.02 Å². The van der Waals surface area contributed by atoms with E-state index >= 15 is 0 Å². The van der Waals surface area contributed by atoms with Crippen LogP contribution >= 0.6 is 11.6 Å². The molecule has 1 atom stereocenters. The Bertz CT molecular complexity index is 381. The van der Waals surface area contributed by atoms with Crippen LogP contribution in [-0.2, 0) is 9.53 Å². The number of carbonyl (C=O) groups is 1. The van der Waals surface area contributed by atoms with E-state index in [-0.39, 0.29) is 12.5 Å². The Morgan fingerprint density at radius 2 is 2.19 bits per heavy atom. The van der Waals surface area contributed by atoms with Crippen molar-refractivity contribution in [2.75, 3.05) is 20.8 Å². The smallest absolute Gasteiger partial charge is 0.314 e. The van der Waals surface area contributed by atoms with E-state index in [2.05, 4.69) is 4.74 Å². The van der Waals surface area contributed by atoms with Crippen LogP contribution < -0.4 is 10.5 Å². The van der Waals surface area contributed by atoms with Crippen LogP contribution in [0.25, 0.3) is 0 Å². The lowest BCUT2D eigenvalue weighted by molar-refractivity contribution is -0.142. The Kier molecular flexibility index (Phi) is 4.58. The average Bonchev–Trinajstić information content (AvgIpc) is 2.31. The molecule has 16 heavy (non-hydrogen) atoms. The topological polar surface area (TPSA) is 61.5 Å². The number of methoxy groups -OCH3 is 2. The zero-order chi connectivity index (χ0) is 12.1. The highest BCUT2D eigenvalue weighted by Gasteiger charge is 2.23. The summed E-state index contributed by atoms with van der Waals surface area (Å²) in [5, 5.41) is 0.543. The van der Waals surface area contributed by atoms with Crippen LogP contribution in [0.15, 0.2) is 18.2 Å². The summed E-state index contributed by atoms with van der Waals surface area (Å²) in [4.78, 5) is 11.5. The van der Waals surface area contributed by atoms with E-state index in [1.165, 1.54) is 14.2 Å². The van der Waals surface area contributed by atoms with Crippen LogP contribution in [-0.4, -0.2) is 26.7 Å². The Labute approximate surface area is 99.3 Å². The minimum absolute atomic E-state index is 0.157. The normalized spacial score (nSPS) is 12.0. The molecule has 0 saturated heterocycles. The lowest BCUT2D eigenvalue weighted by atomic mass is 9.98. The van der Waals surface area contributed by atoms with Crippen molar-refractivity contribution < 1.29 is 14.3 Å². The van der Waals surface area contributed by atoms with Gasteiger partial charge in [0.1, 0.15) is 5.75 Å². The number of hydrogen-bond acceptors (Lipinski definition) is 4. The largest absolute Gasteiger partial charge is 0.496 e. The molecule has 2 N–H and O–H groups in total. The quantitative estimate of drug-likeness (QED) is 0.816. The van der Waals surface area contributed by atoms with Crippen molar-refractivity contribution in [1.29, 1.82) is 0 Å². The van der Waals surface area contributed by atoms with Gasteiger partial charge in [-0.1, -0.05) is 17.7 Å². The molecule has 1 aromatic carbocycles. The maximum Gasteiger partial charge on any atom is 0.314 e. The first-order valence-corrected chi connectivity index (χ1v) is 5.13. The molecule has 4 nitrogen and oxygen atoms in total. The van der Waals surface area contributed by atoms with Gasteiger partial charge in [0.15, 0.2) is 0 Å². The lowest BCUT2D eigenvalue weighted by Crippen LogP contribution is -2.23. The highest BCUT2D eigenvalue weighted by Crippen LogP contribution is 2.29. The number of halogens is 1. The van der Waals surface area contributed by atoms with Crippen molar-refractivity contribution in [3.8, 4) is 5.75 Å². The lowest BCUT2D eigenvalue weighted by Gasteiger charge is -2.16. The number of carbonyl (C=O) groups excluding carboxylic acids is 1. The van der Waals surface area contributed by atoms with Crippen LogP contribution in [0, 0.1) is 0 Å². The van der Waals surface area contributed by atoms with Gasteiger partial charge in [0.25, 0.3) is 0 Å². The van der Waals surface area contributed by atoms with Gasteiger partial charge < -0.3 is 15.2 Å². The SMILES string of the molecule is COC(=O)C(CN)c1ccc(Cl)cc1OC. The summed E-state index contributed by atoms with van der Waals surface area (Å²) in [5.74, 6) is -0.381. The minimum Gasteiger partial charge on any atom is -0.496 e. The predicted molar refractivity (Wildman–Crippen MR) is 61.8 cm³/mol. The maximum absolute atomic E-state index is 11.5. The third-order valence-corrected chi connectivity index (χ3v) is 2.53. The summed E-state index contributed by atoms with van der Waals surface area (Å²) >= 11 is 5.83. The van der Waals surface area contributed by atoms with Crippen molar-refractivity contribution in [1.82, 2.24) is 0 Å². The number of benzene rings is 1. The molecule has 5 heteroatoms. The van der Waals surface area contributed by atoms with E-state index in [4.69, 9.17) is 22.1 Å². The maximum atomic E-state index is 11.5. The monoisotopic (exact) mass is 243 g/mol. The van der Waals surface area contributed by atoms with Crippen LogP contribution in [0.4, 0.5) is 0 Å². The highest BCUT2D eigenvalue weighted by molar-refractivity contribution is 6.30. The van der Waals surface area contributed by atoms with Crippen molar-refractivity contribution in [3.63, 3.8) is 0 Å². The number of hydrogen-bond donors (Lipinski definition) is 1. The zero-order valence-corrected chi connectivity index (χ0v) is 9.95. The standard InChI is InChI=1S/C11H14ClNO3/c1-15-10-5-7(12)3-4-8(10)9(6-13)11(14)16-2/h3-5,9H,6,13H2,1-2H3. The molecule has 0 bridgehead atoms. The molecular formula is C11H14ClNO3. The van der Waals surface area contributed by atoms with Gasteiger partial charge in [-0.2, -0.15) is 0 Å². The first-order chi connectivity index (χ1) is 7.63. The molecule has 1 rings (SSSR count). The van der Waals surface area contributed by atoms with Crippen molar-refractivity contribution in [2.45, 2.75) is 5.92 Å². The first-order valence-electron chi connectivity index (χ1n) is 4.75. The Morgan fingerprint density at radius 3 is 2.69 bits per heavy atom. The molecule has 0 aliphatic carbocycles. The fourth-order valence-electron chi connectivity index (χ4n) is 1.47. The van der Waals surface area contributed by atoms with E-state index in [1.807, 2.05) is 0 Å². The van der Waals surface area contributed by atoms with Gasteiger partial charge in [-0.15, -0.1) is 0 Å². The molecule has 88 valence electrons. The first kappa shape index (κ1) is 12.8. The van der Waals surface area contributed by atoms with Crippen molar-refractivity contribution >= 4 is 17.6 Å². The molecule has 1 aromatic rings. The van der Waals surface area contributed by atoms with Gasteiger partial charge in [0, 0.05) is 17.1 Å². The molecule has 0 heterocycles. The summed E-state index contributed by atoms with van der Waals surface area (Å²) in [7, 11) is 2.84. The van der Waals surface area contributed by atoms with Gasteiger partial charge in [-0.25, -0.2) is 0 Å². The van der Waals surface area contributed by atoms with Gasteiger partial charge in [-0.05, 0) is 12.1 Å². The van der Waals surface area contributed by atoms with Gasteiger partial charge in [-0.3, -0.25) is 4.79 Å². The minimum atomic E-state index is -0.530. The molecule has 0 aliphatic rings. The summed E-state index contributed by atoms with van der Waals surface area (Å²) in [6.45, 7) is 0.157. The van der Waals surface area contributed by atoms with Crippen molar-refractivity contribution in [3.05, 3.63) is 28.8 Å². The molecule has 0 spiro atoms. The van der Waals surface area contributed by atoms with Gasteiger partial charge >= 0.3 is 5.97 Å². The predicted octanol–water partition coefficient (Wildman–Crippen LogP) is 1.56. The molecule has 0 saturated carbocycles. The second-order valence-corrected chi connectivity index (χ2v) is 3.63. The summed E-state index contributed by atoms with van der Waals surface area (Å²) in [6.07, 6.45) is 0. The molecule has 0 amide bonds. The molecule has 0 fully saturated rings. The molecule has 0 aliphatic heterocycles. The number of esters is 1. The Balaban J connectivity index is 3.14. The fourth-order valence-corrected chi connectivity index (χ4v) is 1.63. The summed E-state index contributed by atoms with van der Waals surface area (Å²) in [6, 6.07) is 5.04. The zero-order valence-electron chi connectivity index (χ0n) is 9.20. The Morgan fingerprint density at radius 1 is 1.50 bits per heavy atom. The fraction of sp³-hybridized carbons (Fsp3) is 0.364. The number of ether oxygens (including phenoxy) is 2. The number of nitrogens with two attached hydrogens (primary N) is 1. The Hall–Kier alpha value is -1.26. The second-order valence-electron chi connectivity index (χ2n) is 3.20. The van der Waals surface area contributed by atoms with E-state index < -0.39 is 5.92 Å². The average molecular weight is 244 g/mol. The third kappa shape index (κ3) is 2.65. The van der Waals surface area contributed by atoms with E-state index in [0.717, 1.165) is 0 Å². The summed E-state index contributed by atoms with van der Waals surface area (Å²) in [5.41, 5.74) is 6.24. The third-order valence-electron chi connectivity index (χ3n) is 2.29. The van der Waals surface area contributed by atoms with Crippen LogP contribution in [0.1, 0.15) is 11.5 Å². The van der Waals surface area contributed by atoms with Crippen LogP contribution in [0.3, 0.4) is 0 Å². The number of rotatable bonds is 4. The van der Waals surface area contributed by atoms with Gasteiger partial charge in [0.05, 0.1) is 20.1 Å². The highest BCUT2D eigenvalue weighted by atomic mass is 35.5.